The highest BCUT2D eigenvalue weighted by atomic mass is 16.5. The van der Waals surface area contributed by atoms with Gasteiger partial charge in [0.25, 0.3) is 5.91 Å². The van der Waals surface area contributed by atoms with Crippen LogP contribution in [0.2, 0.25) is 0 Å². The largest absolute Gasteiger partial charge is 0.482 e. The van der Waals surface area contributed by atoms with E-state index in [1.54, 1.807) is 6.07 Å². The van der Waals surface area contributed by atoms with Crippen molar-refractivity contribution in [3.63, 3.8) is 0 Å². The molecular formula is C13H19N3O2. The van der Waals surface area contributed by atoms with Gasteiger partial charge >= 0.3 is 0 Å². The number of carbonyl (C=O) groups excluding carboxylic acids is 1. The first-order valence-corrected chi connectivity index (χ1v) is 6.26. The van der Waals surface area contributed by atoms with Gasteiger partial charge in [-0.2, -0.15) is 0 Å². The molecule has 1 aliphatic heterocycles. The molecule has 0 spiro atoms. The number of nitrogens with zero attached hydrogens (tertiary/aromatic N) is 1. The van der Waals surface area contributed by atoms with Gasteiger partial charge in [-0.3, -0.25) is 4.79 Å². The summed E-state index contributed by atoms with van der Waals surface area (Å²) in [6.07, 6.45) is 1.05. The average molecular weight is 249 g/mol. The highest BCUT2D eigenvalue weighted by Gasteiger charge is 2.19. The zero-order valence-electron chi connectivity index (χ0n) is 10.8. The molecule has 1 heterocycles. The van der Waals surface area contributed by atoms with Crippen molar-refractivity contribution in [3.05, 3.63) is 12.1 Å². The summed E-state index contributed by atoms with van der Waals surface area (Å²) in [4.78, 5) is 13.5. The van der Waals surface area contributed by atoms with Crippen molar-refractivity contribution in [2.24, 2.45) is 0 Å². The summed E-state index contributed by atoms with van der Waals surface area (Å²) in [7, 11) is 0. The van der Waals surface area contributed by atoms with Crippen LogP contribution in [0.15, 0.2) is 12.1 Å². The Bertz CT molecular complexity index is 460. The van der Waals surface area contributed by atoms with E-state index in [4.69, 9.17) is 10.5 Å². The number of anilines is 3. The second-order valence-corrected chi connectivity index (χ2v) is 4.32. The third kappa shape index (κ3) is 2.34. The highest BCUT2D eigenvalue weighted by molar-refractivity contribution is 5.97. The quantitative estimate of drug-likeness (QED) is 0.799. The zero-order valence-corrected chi connectivity index (χ0v) is 10.8. The number of hydrogen-bond donors (Lipinski definition) is 2. The molecule has 0 radical (unpaired) electrons. The van der Waals surface area contributed by atoms with Crippen LogP contribution >= 0.6 is 0 Å². The fourth-order valence-electron chi connectivity index (χ4n) is 2.12. The molecule has 0 aromatic heterocycles. The summed E-state index contributed by atoms with van der Waals surface area (Å²) < 4.78 is 5.33. The predicted octanol–water partition coefficient (Wildman–Crippen LogP) is 1.84. The molecule has 0 fully saturated rings. The van der Waals surface area contributed by atoms with Gasteiger partial charge in [0.05, 0.1) is 17.1 Å². The minimum atomic E-state index is -0.128. The molecule has 0 aliphatic carbocycles. The van der Waals surface area contributed by atoms with Crippen molar-refractivity contribution < 1.29 is 9.53 Å². The fraction of sp³-hybridized carbons (Fsp3) is 0.462. The monoisotopic (exact) mass is 249 g/mol. The summed E-state index contributed by atoms with van der Waals surface area (Å²) in [6.45, 7) is 6.09. The van der Waals surface area contributed by atoms with Crippen LogP contribution in [-0.2, 0) is 4.79 Å². The van der Waals surface area contributed by atoms with Crippen LogP contribution in [0.5, 0.6) is 5.75 Å². The van der Waals surface area contributed by atoms with Crippen LogP contribution in [0.1, 0.15) is 20.3 Å². The number of ether oxygens (including phenoxy) is 1. The van der Waals surface area contributed by atoms with E-state index < -0.39 is 0 Å². The lowest BCUT2D eigenvalue weighted by molar-refractivity contribution is -0.118. The summed E-state index contributed by atoms with van der Waals surface area (Å²) in [5, 5.41) is 2.80. The second-order valence-electron chi connectivity index (χ2n) is 4.32. The number of benzene rings is 1. The van der Waals surface area contributed by atoms with Crippen molar-refractivity contribution in [3.8, 4) is 5.75 Å². The van der Waals surface area contributed by atoms with Gasteiger partial charge in [0.1, 0.15) is 5.75 Å². The van der Waals surface area contributed by atoms with Crippen molar-refractivity contribution in [1.82, 2.24) is 0 Å². The molecule has 0 saturated heterocycles. The number of amides is 1. The molecule has 98 valence electrons. The maximum Gasteiger partial charge on any atom is 0.262 e. The summed E-state index contributed by atoms with van der Waals surface area (Å²) in [5.74, 6) is 0.514. The predicted molar refractivity (Wildman–Crippen MR) is 73.2 cm³/mol. The van der Waals surface area contributed by atoms with E-state index in [9.17, 15) is 4.79 Å². The number of rotatable bonds is 4. The molecule has 5 heteroatoms. The number of fused-ring (bicyclic) bond motifs is 1. The Morgan fingerprint density at radius 2 is 2.22 bits per heavy atom. The average Bonchev–Trinajstić information content (AvgIpc) is 2.36. The highest BCUT2D eigenvalue weighted by Crippen LogP contribution is 2.36. The second kappa shape index (κ2) is 5.16. The Labute approximate surface area is 107 Å². The molecular weight excluding hydrogens is 230 g/mol. The van der Waals surface area contributed by atoms with Crippen LogP contribution in [0.25, 0.3) is 0 Å². The van der Waals surface area contributed by atoms with Gasteiger partial charge in [0, 0.05) is 19.2 Å². The first-order valence-electron chi connectivity index (χ1n) is 6.26. The Kier molecular flexibility index (Phi) is 3.60. The third-order valence-corrected chi connectivity index (χ3v) is 2.98. The lowest BCUT2D eigenvalue weighted by atomic mass is 10.1. The van der Waals surface area contributed by atoms with Crippen LogP contribution in [0.3, 0.4) is 0 Å². The van der Waals surface area contributed by atoms with Gasteiger partial charge in [-0.25, -0.2) is 0 Å². The summed E-state index contributed by atoms with van der Waals surface area (Å²) >= 11 is 0. The van der Waals surface area contributed by atoms with Crippen LogP contribution < -0.4 is 20.7 Å². The zero-order chi connectivity index (χ0) is 13.1. The molecule has 5 nitrogen and oxygen atoms in total. The van der Waals surface area contributed by atoms with Crippen molar-refractivity contribution in [2.45, 2.75) is 20.3 Å². The van der Waals surface area contributed by atoms with Gasteiger partial charge in [0.15, 0.2) is 6.61 Å². The molecule has 1 aromatic rings. The topological polar surface area (TPSA) is 67.6 Å². The van der Waals surface area contributed by atoms with Crippen molar-refractivity contribution >= 4 is 23.0 Å². The van der Waals surface area contributed by atoms with E-state index in [1.165, 1.54) is 0 Å². The maximum absolute atomic E-state index is 11.3. The standard InChI is InChI=1S/C13H19N3O2/c1-3-5-16(4-2)11-7-10-12(6-9(11)14)18-8-13(17)15-10/h6-7H,3-5,8,14H2,1-2H3,(H,15,17). The normalized spacial score (nSPS) is 13.6. The third-order valence-electron chi connectivity index (χ3n) is 2.98. The Morgan fingerprint density at radius 3 is 2.89 bits per heavy atom. The van der Waals surface area contributed by atoms with E-state index >= 15 is 0 Å². The first kappa shape index (κ1) is 12.5. The number of nitrogens with two attached hydrogens (primary N) is 1. The molecule has 0 atom stereocenters. The van der Waals surface area contributed by atoms with Crippen molar-refractivity contribution in [2.75, 3.05) is 35.6 Å². The Morgan fingerprint density at radius 1 is 1.44 bits per heavy atom. The van der Waals surface area contributed by atoms with E-state index in [1.807, 2.05) is 6.07 Å². The number of nitrogens with one attached hydrogen (secondary N) is 1. The lowest BCUT2D eigenvalue weighted by Gasteiger charge is -2.27. The molecule has 3 N–H and O–H groups in total. The van der Waals surface area contributed by atoms with Gasteiger partial charge in [-0.1, -0.05) is 6.92 Å². The molecule has 1 aromatic carbocycles. The minimum Gasteiger partial charge on any atom is -0.482 e. The van der Waals surface area contributed by atoms with E-state index in [0.29, 0.717) is 17.1 Å². The minimum absolute atomic E-state index is 0.0538. The molecule has 0 saturated carbocycles. The number of nitrogen functional groups attached to an aromatic ring is 1. The molecule has 1 amide bonds. The van der Waals surface area contributed by atoms with Crippen LogP contribution in [0.4, 0.5) is 17.1 Å². The number of carbonyl (C=O) groups is 1. The lowest BCUT2D eigenvalue weighted by Crippen LogP contribution is -2.28. The number of hydrogen-bond acceptors (Lipinski definition) is 4. The van der Waals surface area contributed by atoms with E-state index in [2.05, 4.69) is 24.1 Å². The Balaban J connectivity index is 2.36. The van der Waals surface area contributed by atoms with E-state index in [-0.39, 0.29) is 12.5 Å². The van der Waals surface area contributed by atoms with Crippen LogP contribution in [0, 0.1) is 0 Å². The molecule has 0 unspecified atom stereocenters. The molecule has 2 rings (SSSR count). The van der Waals surface area contributed by atoms with Gasteiger partial charge < -0.3 is 20.7 Å². The van der Waals surface area contributed by atoms with Crippen molar-refractivity contribution in [1.29, 1.82) is 0 Å². The van der Waals surface area contributed by atoms with Gasteiger partial charge in [-0.15, -0.1) is 0 Å². The first-order chi connectivity index (χ1) is 8.65. The molecule has 18 heavy (non-hydrogen) atoms. The van der Waals surface area contributed by atoms with E-state index in [0.717, 1.165) is 25.2 Å². The smallest absolute Gasteiger partial charge is 0.262 e. The van der Waals surface area contributed by atoms with Gasteiger partial charge in [0.2, 0.25) is 0 Å². The van der Waals surface area contributed by atoms with Crippen LogP contribution in [-0.4, -0.2) is 25.6 Å². The molecule has 0 bridgehead atoms. The maximum atomic E-state index is 11.3. The SMILES string of the molecule is CCCN(CC)c1cc2c(cc1N)OCC(=O)N2. The van der Waals surface area contributed by atoms with Gasteiger partial charge in [-0.05, 0) is 19.4 Å². The summed E-state index contributed by atoms with van der Waals surface area (Å²) in [5.41, 5.74) is 8.38. The molecule has 1 aliphatic rings. The Hall–Kier alpha value is -1.91. The fourth-order valence-corrected chi connectivity index (χ4v) is 2.12. The summed E-state index contributed by atoms with van der Waals surface area (Å²) in [6, 6.07) is 3.67.